The molecule has 19 heavy (non-hydrogen) atoms. The third kappa shape index (κ3) is 7.15. The van der Waals surface area contributed by atoms with E-state index in [1.807, 2.05) is 0 Å². The first-order chi connectivity index (χ1) is 9.11. The van der Waals surface area contributed by atoms with Crippen molar-refractivity contribution >= 4 is 11.9 Å². The lowest BCUT2D eigenvalue weighted by Gasteiger charge is -2.19. The van der Waals surface area contributed by atoms with Gasteiger partial charge >= 0.3 is 5.97 Å². The van der Waals surface area contributed by atoms with Gasteiger partial charge in [0.25, 0.3) is 0 Å². The first-order valence-corrected chi connectivity index (χ1v) is 7.25. The summed E-state index contributed by atoms with van der Waals surface area (Å²) in [6, 6.07) is 0.311. The molecule has 0 radical (unpaired) electrons. The monoisotopic (exact) mass is 270 g/mol. The van der Waals surface area contributed by atoms with Gasteiger partial charge in [-0.15, -0.1) is 0 Å². The molecular formula is C14H26N2O3. The summed E-state index contributed by atoms with van der Waals surface area (Å²) in [5, 5.41) is 3.06. The van der Waals surface area contributed by atoms with Gasteiger partial charge in [0.2, 0.25) is 5.91 Å². The Labute approximate surface area is 115 Å². The van der Waals surface area contributed by atoms with Crippen LogP contribution >= 0.6 is 0 Å². The number of hydrogen-bond acceptors (Lipinski definition) is 4. The molecule has 0 aromatic carbocycles. The Bertz CT molecular complexity index is 286. The second kappa shape index (κ2) is 8.91. The van der Waals surface area contributed by atoms with E-state index in [9.17, 15) is 9.59 Å². The SMILES string of the molecule is CCOC(=O)CN(C)CC(=O)NC1CCCCCC1. The highest BCUT2D eigenvalue weighted by Gasteiger charge is 2.16. The number of esters is 1. The Balaban J connectivity index is 2.23. The normalized spacial score (nSPS) is 17.0. The molecule has 1 saturated carbocycles. The van der Waals surface area contributed by atoms with Gasteiger partial charge in [0.1, 0.15) is 0 Å². The van der Waals surface area contributed by atoms with Crippen LogP contribution in [0.4, 0.5) is 0 Å². The zero-order valence-electron chi connectivity index (χ0n) is 12.1. The number of carbonyl (C=O) groups excluding carboxylic acids is 2. The van der Waals surface area contributed by atoms with Crippen LogP contribution in [0.25, 0.3) is 0 Å². The van der Waals surface area contributed by atoms with Crippen LogP contribution in [0.3, 0.4) is 0 Å². The number of amides is 1. The first-order valence-electron chi connectivity index (χ1n) is 7.25. The van der Waals surface area contributed by atoms with E-state index in [4.69, 9.17) is 4.74 Å². The molecule has 0 spiro atoms. The summed E-state index contributed by atoms with van der Waals surface area (Å²) in [6.45, 7) is 2.55. The molecule has 0 aliphatic heterocycles. The Morgan fingerprint density at radius 3 is 2.37 bits per heavy atom. The third-order valence-electron chi connectivity index (χ3n) is 3.34. The fraction of sp³-hybridized carbons (Fsp3) is 0.857. The summed E-state index contributed by atoms with van der Waals surface area (Å²) in [4.78, 5) is 24.8. The molecule has 1 aliphatic rings. The zero-order chi connectivity index (χ0) is 14.1. The van der Waals surface area contributed by atoms with E-state index in [0.29, 0.717) is 12.6 Å². The van der Waals surface area contributed by atoms with Crippen LogP contribution in [0.15, 0.2) is 0 Å². The maximum absolute atomic E-state index is 11.9. The van der Waals surface area contributed by atoms with E-state index in [0.717, 1.165) is 12.8 Å². The minimum absolute atomic E-state index is 0.00121. The first kappa shape index (κ1) is 16.0. The smallest absolute Gasteiger partial charge is 0.320 e. The van der Waals surface area contributed by atoms with Crippen molar-refractivity contribution in [3.63, 3.8) is 0 Å². The van der Waals surface area contributed by atoms with E-state index in [2.05, 4.69) is 5.32 Å². The van der Waals surface area contributed by atoms with E-state index in [1.165, 1.54) is 25.7 Å². The number of carbonyl (C=O) groups is 2. The predicted molar refractivity (Wildman–Crippen MR) is 73.8 cm³/mol. The summed E-state index contributed by atoms with van der Waals surface area (Å²) in [6.07, 6.45) is 7.10. The Hall–Kier alpha value is -1.10. The van der Waals surface area contributed by atoms with Crippen LogP contribution in [-0.4, -0.2) is 49.6 Å². The molecule has 0 heterocycles. The van der Waals surface area contributed by atoms with E-state index >= 15 is 0 Å². The second-order valence-electron chi connectivity index (χ2n) is 5.23. The van der Waals surface area contributed by atoms with Crippen molar-refractivity contribution < 1.29 is 14.3 Å². The largest absolute Gasteiger partial charge is 0.465 e. The van der Waals surface area contributed by atoms with Gasteiger partial charge in [-0.3, -0.25) is 14.5 Å². The predicted octanol–water partition coefficient (Wildman–Crippen LogP) is 1.32. The fourth-order valence-corrected chi connectivity index (χ4v) is 2.43. The van der Waals surface area contributed by atoms with Gasteiger partial charge in [0, 0.05) is 6.04 Å². The van der Waals surface area contributed by atoms with Crippen LogP contribution in [0.2, 0.25) is 0 Å². The average molecular weight is 270 g/mol. The summed E-state index contributed by atoms with van der Waals surface area (Å²) >= 11 is 0. The second-order valence-corrected chi connectivity index (χ2v) is 5.23. The molecule has 0 aromatic rings. The van der Waals surface area contributed by atoms with Crippen molar-refractivity contribution in [2.24, 2.45) is 0 Å². The lowest BCUT2D eigenvalue weighted by molar-refractivity contribution is -0.144. The molecule has 5 heteroatoms. The number of rotatable bonds is 6. The van der Waals surface area contributed by atoms with Crippen molar-refractivity contribution in [1.82, 2.24) is 10.2 Å². The Kier molecular flexibility index (Phi) is 7.48. The summed E-state index contributed by atoms with van der Waals surface area (Å²) < 4.78 is 4.85. The highest BCUT2D eigenvalue weighted by molar-refractivity contribution is 5.79. The van der Waals surface area contributed by atoms with Gasteiger partial charge in [0.05, 0.1) is 19.7 Å². The topological polar surface area (TPSA) is 58.6 Å². The van der Waals surface area contributed by atoms with Gasteiger partial charge < -0.3 is 10.1 Å². The van der Waals surface area contributed by atoms with Gasteiger partial charge in [-0.1, -0.05) is 25.7 Å². The molecule has 1 fully saturated rings. The minimum atomic E-state index is -0.285. The number of hydrogen-bond donors (Lipinski definition) is 1. The molecule has 0 unspecified atom stereocenters. The molecule has 1 aliphatic carbocycles. The van der Waals surface area contributed by atoms with Crippen LogP contribution < -0.4 is 5.32 Å². The Morgan fingerprint density at radius 2 is 1.79 bits per heavy atom. The molecule has 1 rings (SSSR count). The van der Waals surface area contributed by atoms with E-state index < -0.39 is 0 Å². The van der Waals surface area contributed by atoms with Crippen molar-refractivity contribution in [3.8, 4) is 0 Å². The quantitative estimate of drug-likeness (QED) is 0.584. The van der Waals surface area contributed by atoms with Gasteiger partial charge in [-0.05, 0) is 26.8 Å². The van der Waals surface area contributed by atoms with Gasteiger partial charge in [-0.2, -0.15) is 0 Å². The Morgan fingerprint density at radius 1 is 1.16 bits per heavy atom. The standard InChI is InChI=1S/C14H26N2O3/c1-3-19-14(18)11-16(2)10-13(17)15-12-8-6-4-5-7-9-12/h12H,3-11H2,1-2H3,(H,15,17). The molecule has 110 valence electrons. The summed E-state index contributed by atoms with van der Waals surface area (Å²) in [7, 11) is 1.75. The van der Waals surface area contributed by atoms with E-state index in [-0.39, 0.29) is 25.0 Å². The lowest BCUT2D eigenvalue weighted by atomic mass is 10.1. The molecule has 0 saturated heterocycles. The summed E-state index contributed by atoms with van der Waals surface area (Å²) in [5.41, 5.74) is 0. The maximum atomic E-state index is 11.9. The molecule has 5 nitrogen and oxygen atoms in total. The highest BCUT2D eigenvalue weighted by Crippen LogP contribution is 2.16. The molecule has 0 bridgehead atoms. The molecule has 0 aromatic heterocycles. The minimum Gasteiger partial charge on any atom is -0.465 e. The number of nitrogens with zero attached hydrogens (tertiary/aromatic N) is 1. The van der Waals surface area contributed by atoms with Gasteiger partial charge in [0.15, 0.2) is 0 Å². The number of likely N-dealkylation sites (N-methyl/N-ethyl adjacent to an activating group) is 1. The third-order valence-corrected chi connectivity index (χ3v) is 3.34. The van der Waals surface area contributed by atoms with Crippen LogP contribution in [0.1, 0.15) is 45.4 Å². The van der Waals surface area contributed by atoms with Gasteiger partial charge in [-0.25, -0.2) is 0 Å². The molecule has 1 amide bonds. The van der Waals surface area contributed by atoms with Crippen molar-refractivity contribution in [2.45, 2.75) is 51.5 Å². The lowest BCUT2D eigenvalue weighted by Crippen LogP contribution is -2.42. The molecular weight excluding hydrogens is 244 g/mol. The maximum Gasteiger partial charge on any atom is 0.320 e. The highest BCUT2D eigenvalue weighted by atomic mass is 16.5. The summed E-state index contributed by atoms with van der Waals surface area (Å²) in [5.74, 6) is -0.286. The number of ether oxygens (including phenoxy) is 1. The van der Waals surface area contributed by atoms with Crippen molar-refractivity contribution in [1.29, 1.82) is 0 Å². The van der Waals surface area contributed by atoms with Crippen molar-refractivity contribution in [2.75, 3.05) is 26.7 Å². The van der Waals surface area contributed by atoms with Crippen LogP contribution in [0, 0.1) is 0 Å². The fourth-order valence-electron chi connectivity index (χ4n) is 2.43. The van der Waals surface area contributed by atoms with Crippen LogP contribution in [-0.2, 0) is 14.3 Å². The zero-order valence-corrected chi connectivity index (χ0v) is 12.1. The van der Waals surface area contributed by atoms with Crippen molar-refractivity contribution in [3.05, 3.63) is 0 Å². The number of nitrogens with one attached hydrogen (secondary N) is 1. The molecule has 0 atom stereocenters. The average Bonchev–Trinajstić information content (AvgIpc) is 2.57. The van der Waals surface area contributed by atoms with E-state index in [1.54, 1.807) is 18.9 Å². The van der Waals surface area contributed by atoms with Crippen LogP contribution in [0.5, 0.6) is 0 Å². The molecule has 1 N–H and O–H groups in total.